The van der Waals surface area contributed by atoms with Crippen LogP contribution in [0.3, 0.4) is 0 Å². The summed E-state index contributed by atoms with van der Waals surface area (Å²) >= 11 is 1.61. The highest BCUT2D eigenvalue weighted by atomic mass is 32.1. The van der Waals surface area contributed by atoms with E-state index in [2.05, 4.69) is 10.5 Å². The highest BCUT2D eigenvalue weighted by molar-refractivity contribution is 7.08. The number of hydrogen-bond donors (Lipinski definition) is 1. The lowest BCUT2D eigenvalue weighted by Crippen LogP contribution is -2.24. The van der Waals surface area contributed by atoms with Crippen molar-refractivity contribution in [2.45, 2.75) is 32.1 Å². The van der Waals surface area contributed by atoms with Gasteiger partial charge in [0, 0.05) is 22.9 Å². The Morgan fingerprint density at radius 2 is 2.21 bits per heavy atom. The lowest BCUT2D eigenvalue weighted by molar-refractivity contribution is -0.120. The standard InChI is InChI=1S/C14H16N2O2S/c17-14(10-4-2-1-3-5-10)15-13-8-12(16-18-13)11-6-7-19-9-11/h6-10H,1-5H2,(H,15,17). The Labute approximate surface area is 115 Å². The molecule has 1 saturated carbocycles. The number of thiophene rings is 1. The minimum absolute atomic E-state index is 0.0627. The van der Waals surface area contributed by atoms with Gasteiger partial charge in [0.2, 0.25) is 11.8 Å². The van der Waals surface area contributed by atoms with Crippen LogP contribution in [0.5, 0.6) is 0 Å². The van der Waals surface area contributed by atoms with Crippen molar-refractivity contribution in [1.29, 1.82) is 0 Å². The van der Waals surface area contributed by atoms with Gasteiger partial charge in [-0.15, -0.1) is 0 Å². The van der Waals surface area contributed by atoms with E-state index in [0.717, 1.165) is 36.9 Å². The van der Waals surface area contributed by atoms with Gasteiger partial charge in [-0.1, -0.05) is 24.4 Å². The molecule has 0 saturated heterocycles. The van der Waals surface area contributed by atoms with E-state index in [1.165, 1.54) is 6.42 Å². The van der Waals surface area contributed by atoms with Crippen LogP contribution in [0.2, 0.25) is 0 Å². The summed E-state index contributed by atoms with van der Waals surface area (Å²) in [5.41, 5.74) is 1.78. The molecule has 1 fully saturated rings. The Morgan fingerprint density at radius 1 is 1.37 bits per heavy atom. The van der Waals surface area contributed by atoms with Crippen LogP contribution in [0, 0.1) is 5.92 Å². The highest BCUT2D eigenvalue weighted by Crippen LogP contribution is 2.27. The Morgan fingerprint density at radius 3 is 2.95 bits per heavy atom. The van der Waals surface area contributed by atoms with Gasteiger partial charge in [0.1, 0.15) is 5.69 Å². The van der Waals surface area contributed by atoms with E-state index in [-0.39, 0.29) is 11.8 Å². The quantitative estimate of drug-likeness (QED) is 0.924. The maximum absolute atomic E-state index is 12.1. The third kappa shape index (κ3) is 2.87. The second kappa shape index (κ2) is 5.57. The first-order valence-electron chi connectivity index (χ1n) is 6.63. The number of carbonyl (C=O) groups excluding carboxylic acids is 1. The Balaban J connectivity index is 1.65. The topological polar surface area (TPSA) is 55.1 Å². The summed E-state index contributed by atoms with van der Waals surface area (Å²) in [6.45, 7) is 0. The molecule has 1 aliphatic rings. The van der Waals surface area contributed by atoms with Gasteiger partial charge < -0.3 is 4.52 Å². The monoisotopic (exact) mass is 276 g/mol. The van der Waals surface area contributed by atoms with Crippen molar-refractivity contribution >= 4 is 23.1 Å². The van der Waals surface area contributed by atoms with Crippen molar-refractivity contribution in [2.24, 2.45) is 5.92 Å². The molecule has 100 valence electrons. The lowest BCUT2D eigenvalue weighted by atomic mass is 9.89. The molecule has 2 aromatic heterocycles. The van der Waals surface area contributed by atoms with Gasteiger partial charge in [0.15, 0.2) is 0 Å². The van der Waals surface area contributed by atoms with Gasteiger partial charge in [0.05, 0.1) is 0 Å². The molecule has 0 atom stereocenters. The third-order valence-corrected chi connectivity index (χ3v) is 4.23. The molecule has 0 unspecified atom stereocenters. The molecule has 0 radical (unpaired) electrons. The number of nitrogens with zero attached hydrogens (tertiary/aromatic N) is 1. The minimum Gasteiger partial charge on any atom is -0.338 e. The molecule has 5 heteroatoms. The lowest BCUT2D eigenvalue weighted by Gasteiger charge is -2.19. The zero-order chi connectivity index (χ0) is 13.1. The van der Waals surface area contributed by atoms with Crippen molar-refractivity contribution < 1.29 is 9.32 Å². The molecule has 0 aromatic carbocycles. The zero-order valence-corrected chi connectivity index (χ0v) is 11.4. The third-order valence-electron chi connectivity index (χ3n) is 3.55. The molecule has 2 aromatic rings. The molecular formula is C14H16N2O2S. The van der Waals surface area contributed by atoms with Gasteiger partial charge in [-0.25, -0.2) is 0 Å². The maximum atomic E-state index is 12.1. The Hall–Kier alpha value is -1.62. The predicted molar refractivity (Wildman–Crippen MR) is 75.0 cm³/mol. The summed E-state index contributed by atoms with van der Waals surface area (Å²) in [6.07, 6.45) is 5.51. The van der Waals surface area contributed by atoms with Crippen LogP contribution in [-0.2, 0) is 4.79 Å². The van der Waals surface area contributed by atoms with Crippen molar-refractivity contribution in [3.05, 3.63) is 22.9 Å². The molecule has 1 aliphatic carbocycles. The van der Waals surface area contributed by atoms with E-state index in [9.17, 15) is 4.79 Å². The highest BCUT2D eigenvalue weighted by Gasteiger charge is 2.22. The van der Waals surface area contributed by atoms with Crippen molar-refractivity contribution in [3.8, 4) is 11.3 Å². The van der Waals surface area contributed by atoms with Crippen molar-refractivity contribution in [2.75, 3.05) is 5.32 Å². The van der Waals surface area contributed by atoms with Gasteiger partial charge >= 0.3 is 0 Å². The Kier molecular flexibility index (Phi) is 3.64. The minimum atomic E-state index is 0.0627. The number of aromatic nitrogens is 1. The number of anilines is 1. The van der Waals surface area contributed by atoms with Crippen LogP contribution in [0.1, 0.15) is 32.1 Å². The molecule has 3 rings (SSSR count). The Bertz CT molecular complexity index is 542. The second-order valence-electron chi connectivity index (χ2n) is 4.91. The van der Waals surface area contributed by atoms with Crippen LogP contribution in [0.15, 0.2) is 27.4 Å². The number of carbonyl (C=O) groups is 1. The number of rotatable bonds is 3. The van der Waals surface area contributed by atoms with Crippen LogP contribution in [-0.4, -0.2) is 11.1 Å². The normalized spacial score (nSPS) is 16.4. The van der Waals surface area contributed by atoms with Crippen molar-refractivity contribution in [1.82, 2.24) is 5.16 Å². The molecule has 0 bridgehead atoms. The average molecular weight is 276 g/mol. The van der Waals surface area contributed by atoms with E-state index in [1.54, 1.807) is 17.4 Å². The first-order chi connectivity index (χ1) is 9.33. The van der Waals surface area contributed by atoms with Gasteiger partial charge in [-0.3, -0.25) is 10.1 Å². The van der Waals surface area contributed by atoms with Gasteiger partial charge in [-0.2, -0.15) is 11.3 Å². The smallest absolute Gasteiger partial charge is 0.231 e. The van der Waals surface area contributed by atoms with E-state index >= 15 is 0 Å². The van der Waals surface area contributed by atoms with E-state index < -0.39 is 0 Å². The molecular weight excluding hydrogens is 260 g/mol. The zero-order valence-electron chi connectivity index (χ0n) is 10.6. The van der Waals surface area contributed by atoms with Crippen LogP contribution in [0.25, 0.3) is 11.3 Å². The number of hydrogen-bond acceptors (Lipinski definition) is 4. The van der Waals surface area contributed by atoms with E-state index in [4.69, 9.17) is 4.52 Å². The molecule has 0 spiro atoms. The summed E-state index contributed by atoms with van der Waals surface area (Å²) in [7, 11) is 0. The molecule has 1 N–H and O–H groups in total. The predicted octanol–water partition coefficient (Wildman–Crippen LogP) is 3.92. The second-order valence-corrected chi connectivity index (χ2v) is 5.69. The summed E-state index contributed by atoms with van der Waals surface area (Å²) in [6, 6.07) is 3.76. The largest absolute Gasteiger partial charge is 0.338 e. The number of amides is 1. The summed E-state index contributed by atoms with van der Waals surface area (Å²) in [5.74, 6) is 0.632. The fourth-order valence-corrected chi connectivity index (χ4v) is 3.12. The first kappa shape index (κ1) is 12.4. The SMILES string of the molecule is O=C(Nc1cc(-c2ccsc2)no1)C1CCCCC1. The van der Waals surface area contributed by atoms with Crippen LogP contribution >= 0.6 is 11.3 Å². The first-order valence-corrected chi connectivity index (χ1v) is 7.57. The van der Waals surface area contributed by atoms with Gasteiger partial charge in [-0.05, 0) is 24.3 Å². The maximum Gasteiger partial charge on any atom is 0.231 e. The average Bonchev–Trinajstić information content (AvgIpc) is 3.10. The molecule has 19 heavy (non-hydrogen) atoms. The van der Waals surface area contributed by atoms with Crippen LogP contribution < -0.4 is 5.32 Å². The van der Waals surface area contributed by atoms with Crippen molar-refractivity contribution in [3.63, 3.8) is 0 Å². The van der Waals surface area contributed by atoms with E-state index in [1.807, 2.05) is 16.8 Å². The fourth-order valence-electron chi connectivity index (χ4n) is 2.47. The number of nitrogens with one attached hydrogen (secondary N) is 1. The fraction of sp³-hybridized carbons (Fsp3) is 0.429. The van der Waals surface area contributed by atoms with Gasteiger partial charge in [0.25, 0.3) is 0 Å². The molecule has 4 nitrogen and oxygen atoms in total. The summed E-state index contributed by atoms with van der Waals surface area (Å²) < 4.78 is 5.17. The summed E-state index contributed by atoms with van der Waals surface area (Å²) in [4.78, 5) is 12.1. The van der Waals surface area contributed by atoms with E-state index in [0.29, 0.717) is 5.88 Å². The summed E-state index contributed by atoms with van der Waals surface area (Å²) in [5, 5.41) is 10.8. The molecule has 0 aliphatic heterocycles. The molecule has 1 amide bonds. The molecule has 2 heterocycles. The van der Waals surface area contributed by atoms with Crippen LogP contribution in [0.4, 0.5) is 5.88 Å².